The predicted octanol–water partition coefficient (Wildman–Crippen LogP) is 1.67. The molecule has 2 saturated heterocycles. The topological polar surface area (TPSA) is 160 Å². The van der Waals surface area contributed by atoms with Gasteiger partial charge in [-0.25, -0.2) is 0 Å². The molecule has 0 aromatic heterocycles. The molecule has 210 valence electrons. The number of hydrogen-bond donors (Lipinski definition) is 5. The summed E-state index contributed by atoms with van der Waals surface area (Å²) < 4.78 is 49.2. The normalized spacial score (nSPS) is 35.7. The Morgan fingerprint density at radius 2 is 1.92 bits per heavy atom. The average molecular weight is 552 g/mol. The average Bonchev–Trinajstić information content (AvgIpc) is 3.42. The van der Waals surface area contributed by atoms with E-state index in [1.807, 2.05) is 0 Å². The molecule has 39 heavy (non-hydrogen) atoms. The third-order valence-electron chi connectivity index (χ3n) is 9.20. The number of carbonyl (C=O) groups excluding carboxylic acids is 2. The second-order valence-corrected chi connectivity index (χ2v) is 11.3. The Labute approximate surface area is 220 Å². The first-order chi connectivity index (χ1) is 18.1. The number of likely N-dealkylation sites (N-methyl/N-ethyl adjacent to an activating group) is 1. The minimum Gasteiger partial charge on any atom is -0.510 e. The van der Waals surface area contributed by atoms with Gasteiger partial charge < -0.3 is 30.9 Å². The fourth-order valence-corrected chi connectivity index (χ4v) is 7.47. The molecule has 3 aliphatic carbocycles. The van der Waals surface area contributed by atoms with Crippen molar-refractivity contribution in [3.8, 4) is 5.75 Å². The molecule has 1 aromatic rings. The molecule has 13 heteroatoms. The number of fused-ring (bicyclic) bond motifs is 2. The molecule has 6 atom stereocenters. The first kappa shape index (κ1) is 26.1. The zero-order valence-electron chi connectivity index (χ0n) is 21.3. The van der Waals surface area contributed by atoms with Crippen LogP contribution in [-0.4, -0.2) is 87.0 Å². The molecule has 2 heterocycles. The highest BCUT2D eigenvalue weighted by atomic mass is 19.4. The largest absolute Gasteiger partial charge is 0.510 e. The summed E-state index contributed by atoms with van der Waals surface area (Å²) in [6.45, 7) is 0.588. The van der Waals surface area contributed by atoms with Crippen LogP contribution < -0.4 is 5.73 Å². The van der Waals surface area contributed by atoms with Crippen LogP contribution in [0, 0.1) is 11.8 Å². The molecular weight excluding hydrogens is 523 g/mol. The third-order valence-corrected chi connectivity index (χ3v) is 9.20. The molecule has 1 amide bonds. The van der Waals surface area contributed by atoms with Crippen molar-refractivity contribution >= 4 is 11.7 Å². The van der Waals surface area contributed by atoms with Crippen LogP contribution in [0.1, 0.15) is 45.9 Å². The van der Waals surface area contributed by atoms with Crippen LogP contribution in [0.4, 0.5) is 13.2 Å². The number of phenols is 1. The van der Waals surface area contributed by atoms with Gasteiger partial charge in [-0.3, -0.25) is 19.4 Å². The van der Waals surface area contributed by atoms with Crippen molar-refractivity contribution in [2.45, 2.75) is 48.9 Å². The number of amides is 1. The van der Waals surface area contributed by atoms with Gasteiger partial charge in [-0.15, -0.1) is 0 Å². The van der Waals surface area contributed by atoms with Crippen LogP contribution in [0.3, 0.4) is 0 Å². The van der Waals surface area contributed by atoms with Crippen molar-refractivity contribution in [1.29, 1.82) is 0 Å². The van der Waals surface area contributed by atoms with Crippen molar-refractivity contribution in [2.24, 2.45) is 17.6 Å². The number of allylic oxidation sites excluding steroid dienone is 1. The minimum absolute atomic E-state index is 0.0720. The number of primary amides is 1. The summed E-state index contributed by atoms with van der Waals surface area (Å²) in [6.07, 6.45) is -4.76. The van der Waals surface area contributed by atoms with Crippen molar-refractivity contribution in [1.82, 2.24) is 9.80 Å². The molecule has 0 radical (unpaired) electrons. The van der Waals surface area contributed by atoms with E-state index in [9.17, 15) is 43.2 Å². The number of nitrogens with two attached hydrogens (primary N) is 1. The van der Waals surface area contributed by atoms with Gasteiger partial charge >= 0.3 is 6.18 Å². The molecule has 1 spiro atoms. The first-order valence-electron chi connectivity index (χ1n) is 12.5. The van der Waals surface area contributed by atoms with E-state index in [1.54, 1.807) is 26.0 Å². The lowest BCUT2D eigenvalue weighted by Gasteiger charge is -2.46. The van der Waals surface area contributed by atoms with Crippen molar-refractivity contribution in [3.63, 3.8) is 0 Å². The number of aromatic hydroxyl groups is 1. The maximum atomic E-state index is 14.6. The van der Waals surface area contributed by atoms with Gasteiger partial charge in [0.05, 0.1) is 17.2 Å². The lowest BCUT2D eigenvalue weighted by Crippen LogP contribution is -2.57. The first-order valence-corrected chi connectivity index (χ1v) is 12.5. The van der Waals surface area contributed by atoms with Gasteiger partial charge in [0, 0.05) is 24.1 Å². The zero-order valence-corrected chi connectivity index (χ0v) is 21.3. The number of halogens is 3. The third kappa shape index (κ3) is 3.06. The smallest absolute Gasteiger partial charge is 0.417 e. The minimum atomic E-state index is -4.82. The summed E-state index contributed by atoms with van der Waals surface area (Å²) in [5, 5.41) is 44.6. The number of aliphatic hydroxyl groups is 3. The Hall–Kier alpha value is -3.13. The van der Waals surface area contributed by atoms with Gasteiger partial charge in [-0.05, 0) is 63.5 Å². The highest BCUT2D eigenvalue weighted by Crippen LogP contribution is 2.68. The number of alkyl halides is 3. The summed E-state index contributed by atoms with van der Waals surface area (Å²) in [4.78, 5) is 29.2. The van der Waals surface area contributed by atoms with Gasteiger partial charge in [-0.2, -0.15) is 13.2 Å². The number of epoxide rings is 1. The van der Waals surface area contributed by atoms with Gasteiger partial charge in [0.25, 0.3) is 5.91 Å². The molecule has 2 unspecified atom stereocenters. The van der Waals surface area contributed by atoms with E-state index in [4.69, 9.17) is 10.5 Å². The van der Waals surface area contributed by atoms with Crippen LogP contribution in [-0.2, 0) is 22.1 Å². The molecule has 6 N–H and O–H groups in total. The standard InChI is InChI=1S/C26H28F3N3O7/c1-31(2)19-12-7-9-6-11-16(14(33)8-10(13-4-5-32(13)3)17(11)26(27,28)29)20(34)15(9)22(36)24(12)25(38,39-24)18(21(19)35)23(30)37/h8-9,12-13,19,33,35-36,38H,4-7H2,1-3H3,(H2,30,37)/t9-,12-,13?,19-,24-,25?/m0/s1. The molecule has 2 aliphatic heterocycles. The number of ketones is 1. The predicted molar refractivity (Wildman–Crippen MR) is 127 cm³/mol. The molecule has 1 aromatic carbocycles. The second kappa shape index (κ2) is 7.74. The van der Waals surface area contributed by atoms with Crippen LogP contribution in [0.2, 0.25) is 0 Å². The number of carbonyl (C=O) groups is 2. The summed E-state index contributed by atoms with van der Waals surface area (Å²) >= 11 is 0. The Morgan fingerprint density at radius 1 is 1.26 bits per heavy atom. The Bertz CT molecular complexity index is 1420. The van der Waals surface area contributed by atoms with Crippen LogP contribution >= 0.6 is 0 Å². The number of benzene rings is 1. The fourth-order valence-electron chi connectivity index (χ4n) is 7.47. The Balaban J connectivity index is 1.56. The van der Waals surface area contributed by atoms with Gasteiger partial charge in [0.2, 0.25) is 5.79 Å². The number of hydrogen-bond acceptors (Lipinski definition) is 9. The quantitative estimate of drug-likeness (QED) is 0.352. The maximum Gasteiger partial charge on any atom is 0.417 e. The molecule has 0 bridgehead atoms. The number of rotatable bonds is 3. The fraction of sp³-hybridized carbons (Fsp3) is 0.538. The van der Waals surface area contributed by atoms with E-state index >= 15 is 0 Å². The number of nitrogens with zero attached hydrogens (tertiary/aromatic N) is 2. The van der Waals surface area contributed by atoms with E-state index in [0.29, 0.717) is 13.0 Å². The number of Topliss-reactive ketones (excluding diaryl/α,β-unsaturated/α-hetero) is 1. The SMILES string of the molecule is CN1CCC1c1cc(O)c2c(c1C(F)(F)F)C[C@H]1C[C@H]3[C@H](N(C)C)C(O)=C(C(N)=O)C4(O)O[C@]34C(O)=C1C2=O. The van der Waals surface area contributed by atoms with Crippen LogP contribution in [0.25, 0.3) is 0 Å². The summed E-state index contributed by atoms with van der Waals surface area (Å²) in [5.41, 5.74) is 0.466. The lowest BCUT2D eigenvalue weighted by molar-refractivity contribution is -0.140. The number of likely N-dealkylation sites (tertiary alicyclic amines) is 1. The van der Waals surface area contributed by atoms with E-state index in [-0.39, 0.29) is 29.5 Å². The zero-order chi connectivity index (χ0) is 28.6. The monoisotopic (exact) mass is 551 g/mol. The Kier molecular flexibility index (Phi) is 5.18. The summed E-state index contributed by atoms with van der Waals surface area (Å²) in [6, 6.07) is -0.616. The highest BCUT2D eigenvalue weighted by molar-refractivity contribution is 6.14. The van der Waals surface area contributed by atoms with Gasteiger partial charge in [0.1, 0.15) is 22.8 Å². The highest BCUT2D eigenvalue weighted by Gasteiger charge is 2.84. The van der Waals surface area contributed by atoms with Crippen molar-refractivity contribution in [2.75, 3.05) is 27.7 Å². The molecular formula is C26H28F3N3O7. The molecule has 6 rings (SSSR count). The van der Waals surface area contributed by atoms with Crippen LogP contribution in [0.15, 0.2) is 28.7 Å². The summed E-state index contributed by atoms with van der Waals surface area (Å²) in [5.74, 6) is -8.58. The van der Waals surface area contributed by atoms with Gasteiger partial charge in [-0.1, -0.05) is 0 Å². The molecule has 10 nitrogen and oxygen atoms in total. The van der Waals surface area contributed by atoms with Crippen molar-refractivity contribution < 1.29 is 47.9 Å². The number of phenolic OH excluding ortho intramolecular Hbond substituents is 1. The van der Waals surface area contributed by atoms with E-state index in [1.165, 1.54) is 4.90 Å². The molecule has 5 aliphatic rings. The van der Waals surface area contributed by atoms with Crippen molar-refractivity contribution in [3.05, 3.63) is 51.0 Å². The number of aliphatic hydroxyl groups excluding tert-OH is 2. The van der Waals surface area contributed by atoms with E-state index in [0.717, 1.165) is 6.07 Å². The van der Waals surface area contributed by atoms with E-state index in [2.05, 4.69) is 0 Å². The maximum absolute atomic E-state index is 14.6. The van der Waals surface area contributed by atoms with Crippen LogP contribution in [0.5, 0.6) is 5.75 Å². The van der Waals surface area contributed by atoms with E-state index < -0.39 is 87.1 Å². The second-order valence-electron chi connectivity index (χ2n) is 11.3. The molecule has 2 fully saturated rings. The lowest BCUT2D eigenvalue weighted by atomic mass is 9.59. The molecule has 0 saturated carbocycles. The van der Waals surface area contributed by atoms with Gasteiger partial charge in [0.15, 0.2) is 11.4 Å². The Morgan fingerprint density at radius 3 is 2.44 bits per heavy atom. The number of ether oxygens (including phenoxy) is 1. The summed E-state index contributed by atoms with van der Waals surface area (Å²) in [7, 11) is 4.81.